The maximum absolute atomic E-state index is 11.6. The summed E-state index contributed by atoms with van der Waals surface area (Å²) < 4.78 is 1.95. The van der Waals surface area contributed by atoms with Gasteiger partial charge in [-0.3, -0.25) is 9.48 Å². The molecule has 1 heterocycles. The summed E-state index contributed by atoms with van der Waals surface area (Å²) in [5.74, 6) is 0.0824. The second kappa shape index (κ2) is 6.54. The van der Waals surface area contributed by atoms with Crippen LogP contribution < -0.4 is 10.6 Å². The lowest BCUT2D eigenvalue weighted by Gasteiger charge is -2.20. The highest BCUT2D eigenvalue weighted by Gasteiger charge is 2.12. The van der Waals surface area contributed by atoms with E-state index in [0.717, 1.165) is 18.8 Å². The monoisotopic (exact) mass is 252 g/mol. The molecule has 1 amide bonds. The van der Waals surface area contributed by atoms with Crippen molar-refractivity contribution < 1.29 is 4.79 Å². The van der Waals surface area contributed by atoms with Gasteiger partial charge in [0, 0.05) is 37.8 Å². The Labute approximate surface area is 109 Å². The zero-order chi connectivity index (χ0) is 13.6. The summed E-state index contributed by atoms with van der Waals surface area (Å²) in [7, 11) is 0. The Kier molecular flexibility index (Phi) is 5.34. The van der Waals surface area contributed by atoms with Gasteiger partial charge in [0.05, 0.1) is 5.69 Å². The van der Waals surface area contributed by atoms with Crippen LogP contribution in [0.3, 0.4) is 0 Å². The first-order valence-corrected chi connectivity index (χ1v) is 6.45. The highest BCUT2D eigenvalue weighted by atomic mass is 16.1. The first-order valence-electron chi connectivity index (χ1n) is 6.45. The summed E-state index contributed by atoms with van der Waals surface area (Å²) in [5.41, 5.74) is 0.992. The van der Waals surface area contributed by atoms with Gasteiger partial charge in [0.15, 0.2) is 0 Å². The molecule has 0 unspecified atom stereocenters. The van der Waals surface area contributed by atoms with Gasteiger partial charge < -0.3 is 10.6 Å². The molecule has 0 spiro atoms. The zero-order valence-electron chi connectivity index (χ0n) is 11.8. The van der Waals surface area contributed by atoms with Gasteiger partial charge in [-0.15, -0.1) is 0 Å². The molecule has 102 valence electrons. The SMILES string of the molecule is CCn1nccc1CNCCC(=O)NC(C)(C)C. The number of amides is 1. The third-order valence-corrected chi connectivity index (χ3v) is 2.45. The van der Waals surface area contributed by atoms with Crippen LogP contribution in [0.2, 0.25) is 0 Å². The lowest BCUT2D eigenvalue weighted by Crippen LogP contribution is -2.41. The van der Waals surface area contributed by atoms with Crippen molar-refractivity contribution in [1.29, 1.82) is 0 Å². The number of rotatable bonds is 6. The van der Waals surface area contributed by atoms with E-state index in [1.165, 1.54) is 0 Å². The number of hydrogen-bond acceptors (Lipinski definition) is 3. The molecule has 18 heavy (non-hydrogen) atoms. The summed E-state index contributed by atoms with van der Waals surface area (Å²) in [6.45, 7) is 10.3. The molecule has 0 aliphatic rings. The molecule has 5 nitrogen and oxygen atoms in total. The Morgan fingerprint density at radius 1 is 1.44 bits per heavy atom. The standard InChI is InChI=1S/C13H24N4O/c1-5-17-11(6-9-15-17)10-14-8-7-12(18)16-13(2,3)4/h6,9,14H,5,7-8,10H2,1-4H3,(H,16,18). The second-order valence-corrected chi connectivity index (χ2v) is 5.36. The van der Waals surface area contributed by atoms with Crippen LogP contribution >= 0.6 is 0 Å². The zero-order valence-corrected chi connectivity index (χ0v) is 11.8. The fraction of sp³-hybridized carbons (Fsp3) is 0.692. The topological polar surface area (TPSA) is 59.0 Å². The lowest BCUT2D eigenvalue weighted by molar-refractivity contribution is -0.122. The van der Waals surface area contributed by atoms with Crippen LogP contribution in [0.15, 0.2) is 12.3 Å². The van der Waals surface area contributed by atoms with Crippen molar-refractivity contribution in [2.75, 3.05) is 6.54 Å². The summed E-state index contributed by atoms with van der Waals surface area (Å²) in [6.07, 6.45) is 2.30. The molecular weight excluding hydrogens is 228 g/mol. The van der Waals surface area contributed by atoms with E-state index in [4.69, 9.17) is 0 Å². The van der Waals surface area contributed by atoms with Crippen molar-refractivity contribution in [2.45, 2.75) is 52.7 Å². The van der Waals surface area contributed by atoms with Gasteiger partial charge in [0.1, 0.15) is 0 Å². The molecule has 0 saturated carbocycles. The van der Waals surface area contributed by atoms with Gasteiger partial charge in [0.2, 0.25) is 5.91 Å². The quantitative estimate of drug-likeness (QED) is 0.750. The number of carbonyl (C=O) groups excluding carboxylic acids is 1. The van der Waals surface area contributed by atoms with Crippen LogP contribution in [0.4, 0.5) is 0 Å². The van der Waals surface area contributed by atoms with Crippen molar-refractivity contribution in [3.05, 3.63) is 18.0 Å². The van der Waals surface area contributed by atoms with Crippen molar-refractivity contribution >= 4 is 5.91 Å². The van der Waals surface area contributed by atoms with E-state index in [9.17, 15) is 4.79 Å². The third kappa shape index (κ3) is 5.31. The van der Waals surface area contributed by atoms with Gasteiger partial charge in [0.25, 0.3) is 0 Å². The Morgan fingerprint density at radius 2 is 2.17 bits per heavy atom. The van der Waals surface area contributed by atoms with Crippen molar-refractivity contribution in [2.24, 2.45) is 0 Å². The summed E-state index contributed by atoms with van der Waals surface area (Å²) in [4.78, 5) is 11.6. The fourth-order valence-corrected chi connectivity index (χ4v) is 1.69. The molecule has 1 rings (SSSR count). The predicted molar refractivity (Wildman–Crippen MR) is 72.1 cm³/mol. The summed E-state index contributed by atoms with van der Waals surface area (Å²) in [6, 6.07) is 1.99. The molecule has 0 bridgehead atoms. The molecule has 1 aromatic heterocycles. The van der Waals surface area contributed by atoms with Crippen LogP contribution in [0.5, 0.6) is 0 Å². The highest BCUT2D eigenvalue weighted by Crippen LogP contribution is 2.00. The number of nitrogens with one attached hydrogen (secondary N) is 2. The number of carbonyl (C=O) groups is 1. The normalized spacial score (nSPS) is 11.6. The first-order chi connectivity index (χ1) is 8.42. The molecule has 0 aromatic carbocycles. The average molecular weight is 252 g/mol. The van der Waals surface area contributed by atoms with E-state index in [1.54, 1.807) is 6.20 Å². The second-order valence-electron chi connectivity index (χ2n) is 5.36. The minimum Gasteiger partial charge on any atom is -0.351 e. The van der Waals surface area contributed by atoms with Crippen LogP contribution in [0, 0.1) is 0 Å². The maximum Gasteiger partial charge on any atom is 0.221 e. The fourth-order valence-electron chi connectivity index (χ4n) is 1.69. The maximum atomic E-state index is 11.6. The molecule has 0 saturated heterocycles. The van der Waals surface area contributed by atoms with E-state index < -0.39 is 0 Å². The van der Waals surface area contributed by atoms with Gasteiger partial charge in [-0.2, -0.15) is 5.10 Å². The van der Waals surface area contributed by atoms with E-state index in [1.807, 2.05) is 31.5 Å². The molecule has 2 N–H and O–H groups in total. The Morgan fingerprint density at radius 3 is 2.78 bits per heavy atom. The lowest BCUT2D eigenvalue weighted by atomic mass is 10.1. The summed E-state index contributed by atoms with van der Waals surface area (Å²) in [5, 5.41) is 10.4. The predicted octanol–water partition coefficient (Wildman–Crippen LogP) is 1.30. The molecule has 1 aromatic rings. The van der Waals surface area contributed by atoms with Crippen molar-refractivity contribution in [3.8, 4) is 0 Å². The first kappa shape index (κ1) is 14.7. The average Bonchev–Trinajstić information content (AvgIpc) is 2.69. The van der Waals surface area contributed by atoms with Crippen LogP contribution in [0.25, 0.3) is 0 Å². The van der Waals surface area contributed by atoms with Crippen LogP contribution in [-0.4, -0.2) is 27.8 Å². The largest absolute Gasteiger partial charge is 0.351 e. The Balaban J connectivity index is 2.21. The minimum absolute atomic E-state index is 0.0824. The molecule has 0 radical (unpaired) electrons. The minimum atomic E-state index is -0.155. The summed E-state index contributed by atoms with van der Waals surface area (Å²) >= 11 is 0. The smallest absolute Gasteiger partial charge is 0.221 e. The molecule has 0 aliphatic carbocycles. The van der Waals surface area contributed by atoms with E-state index in [0.29, 0.717) is 13.0 Å². The number of aryl methyl sites for hydroxylation is 1. The van der Waals surface area contributed by atoms with E-state index in [2.05, 4.69) is 22.7 Å². The van der Waals surface area contributed by atoms with Gasteiger partial charge in [-0.1, -0.05) is 0 Å². The van der Waals surface area contributed by atoms with Gasteiger partial charge in [-0.05, 0) is 33.8 Å². The molecule has 0 aliphatic heterocycles. The molecule has 0 atom stereocenters. The Bertz CT molecular complexity index is 379. The van der Waals surface area contributed by atoms with E-state index in [-0.39, 0.29) is 11.4 Å². The highest BCUT2D eigenvalue weighted by molar-refractivity contribution is 5.76. The molecular formula is C13H24N4O. The van der Waals surface area contributed by atoms with Crippen molar-refractivity contribution in [1.82, 2.24) is 20.4 Å². The van der Waals surface area contributed by atoms with Crippen LogP contribution in [0.1, 0.15) is 39.8 Å². The van der Waals surface area contributed by atoms with Gasteiger partial charge in [-0.25, -0.2) is 0 Å². The third-order valence-electron chi connectivity index (χ3n) is 2.45. The van der Waals surface area contributed by atoms with Crippen LogP contribution in [-0.2, 0) is 17.9 Å². The Hall–Kier alpha value is -1.36. The molecule has 0 fully saturated rings. The molecule has 5 heteroatoms. The van der Waals surface area contributed by atoms with E-state index >= 15 is 0 Å². The number of aromatic nitrogens is 2. The number of hydrogen-bond donors (Lipinski definition) is 2. The number of nitrogens with zero attached hydrogens (tertiary/aromatic N) is 2. The van der Waals surface area contributed by atoms with Gasteiger partial charge >= 0.3 is 0 Å². The van der Waals surface area contributed by atoms with Crippen molar-refractivity contribution in [3.63, 3.8) is 0 Å².